The number of nitrogens with zero attached hydrogens (tertiary/aromatic N) is 2. The lowest BCUT2D eigenvalue weighted by Gasteiger charge is -2.22. The van der Waals surface area contributed by atoms with Gasteiger partial charge in [0.15, 0.2) is 0 Å². The summed E-state index contributed by atoms with van der Waals surface area (Å²) in [6.07, 6.45) is 0. The van der Waals surface area contributed by atoms with E-state index in [9.17, 15) is 0 Å². The van der Waals surface area contributed by atoms with Crippen molar-refractivity contribution in [1.29, 1.82) is 0 Å². The summed E-state index contributed by atoms with van der Waals surface area (Å²) in [4.78, 5) is 8.46. The molecule has 2 aromatic heterocycles. The van der Waals surface area contributed by atoms with E-state index in [1.807, 2.05) is 11.3 Å². The Labute approximate surface area is 129 Å². The summed E-state index contributed by atoms with van der Waals surface area (Å²) in [5.74, 6) is 0. The fourth-order valence-corrected chi connectivity index (χ4v) is 3.52. The van der Waals surface area contributed by atoms with Crippen molar-refractivity contribution in [2.75, 3.05) is 7.05 Å². The van der Waals surface area contributed by atoms with Crippen molar-refractivity contribution < 1.29 is 0 Å². The highest BCUT2D eigenvalue weighted by atomic mass is 32.1. The number of rotatable bonds is 7. The predicted octanol–water partition coefficient (Wildman–Crippen LogP) is 3.90. The summed E-state index contributed by atoms with van der Waals surface area (Å²) in [5.41, 5.74) is 1.17. The first-order valence-electron chi connectivity index (χ1n) is 6.96. The fourth-order valence-electron chi connectivity index (χ4n) is 1.93. The van der Waals surface area contributed by atoms with Gasteiger partial charge >= 0.3 is 0 Å². The molecule has 0 aliphatic carbocycles. The number of hydrogen-bond acceptors (Lipinski definition) is 5. The molecule has 2 rings (SSSR count). The first-order valence-corrected chi connectivity index (χ1v) is 8.72. The summed E-state index contributed by atoms with van der Waals surface area (Å²) >= 11 is 3.56. The SMILES string of the molecule is CC(C)NCc1nc(CN(C)C(C)c2cccs2)cs1. The number of thiazole rings is 1. The fraction of sp³-hybridized carbons (Fsp3) is 0.533. The second-order valence-electron chi connectivity index (χ2n) is 5.37. The lowest BCUT2D eigenvalue weighted by molar-refractivity contribution is 0.254. The van der Waals surface area contributed by atoms with Gasteiger partial charge in [0.1, 0.15) is 5.01 Å². The van der Waals surface area contributed by atoms with Gasteiger partial charge in [0.2, 0.25) is 0 Å². The van der Waals surface area contributed by atoms with Gasteiger partial charge in [-0.3, -0.25) is 4.90 Å². The van der Waals surface area contributed by atoms with Crippen molar-refractivity contribution in [1.82, 2.24) is 15.2 Å². The molecule has 2 aromatic rings. The van der Waals surface area contributed by atoms with Crippen LogP contribution in [0.15, 0.2) is 22.9 Å². The Bertz CT molecular complexity index is 505. The van der Waals surface area contributed by atoms with Crippen LogP contribution in [0.1, 0.15) is 42.4 Å². The molecule has 0 saturated heterocycles. The standard InChI is InChI=1S/C15H23N3S2/c1-11(2)16-8-15-17-13(10-20-15)9-18(4)12(3)14-6-5-7-19-14/h5-7,10-12,16H,8-9H2,1-4H3. The van der Waals surface area contributed by atoms with Crippen LogP contribution in [0.2, 0.25) is 0 Å². The van der Waals surface area contributed by atoms with E-state index in [1.165, 1.54) is 15.6 Å². The van der Waals surface area contributed by atoms with Crippen molar-refractivity contribution in [3.8, 4) is 0 Å². The Morgan fingerprint density at radius 1 is 1.30 bits per heavy atom. The summed E-state index contributed by atoms with van der Waals surface area (Å²) < 4.78 is 0. The second-order valence-corrected chi connectivity index (χ2v) is 7.30. The molecule has 0 aromatic carbocycles. The Balaban J connectivity index is 1.89. The molecular weight excluding hydrogens is 286 g/mol. The highest BCUT2D eigenvalue weighted by molar-refractivity contribution is 7.10. The van der Waals surface area contributed by atoms with Gasteiger partial charge < -0.3 is 5.32 Å². The van der Waals surface area contributed by atoms with Gasteiger partial charge in [-0.1, -0.05) is 19.9 Å². The van der Waals surface area contributed by atoms with Crippen molar-refractivity contribution in [2.24, 2.45) is 0 Å². The molecule has 0 bridgehead atoms. The third-order valence-electron chi connectivity index (χ3n) is 3.29. The van der Waals surface area contributed by atoms with Gasteiger partial charge in [-0.15, -0.1) is 22.7 Å². The summed E-state index contributed by atoms with van der Waals surface area (Å²) in [5, 5.41) is 8.89. The Hall–Kier alpha value is -0.750. The van der Waals surface area contributed by atoms with Gasteiger partial charge in [0.05, 0.1) is 5.69 Å². The highest BCUT2D eigenvalue weighted by Crippen LogP contribution is 2.25. The van der Waals surface area contributed by atoms with E-state index >= 15 is 0 Å². The topological polar surface area (TPSA) is 28.2 Å². The van der Waals surface area contributed by atoms with Crippen molar-refractivity contribution in [2.45, 2.75) is 45.9 Å². The van der Waals surface area contributed by atoms with E-state index < -0.39 is 0 Å². The molecule has 0 aliphatic heterocycles. The van der Waals surface area contributed by atoms with E-state index in [2.05, 4.69) is 60.9 Å². The molecule has 5 heteroatoms. The second kappa shape index (κ2) is 7.31. The third kappa shape index (κ3) is 4.38. The molecule has 2 heterocycles. The lowest BCUT2D eigenvalue weighted by atomic mass is 10.2. The van der Waals surface area contributed by atoms with Crippen LogP contribution in [0.4, 0.5) is 0 Å². The molecule has 1 atom stereocenters. The maximum absolute atomic E-state index is 4.70. The molecule has 1 unspecified atom stereocenters. The Morgan fingerprint density at radius 2 is 2.10 bits per heavy atom. The Morgan fingerprint density at radius 3 is 2.75 bits per heavy atom. The molecular formula is C15H23N3S2. The molecule has 1 N–H and O–H groups in total. The average Bonchev–Trinajstić information content (AvgIpc) is 3.06. The number of hydrogen-bond donors (Lipinski definition) is 1. The zero-order valence-electron chi connectivity index (χ0n) is 12.6. The minimum atomic E-state index is 0.439. The minimum Gasteiger partial charge on any atom is -0.308 e. The lowest BCUT2D eigenvalue weighted by Crippen LogP contribution is -2.22. The monoisotopic (exact) mass is 309 g/mol. The van der Waals surface area contributed by atoms with Gasteiger partial charge in [-0.25, -0.2) is 4.98 Å². The van der Waals surface area contributed by atoms with Crippen LogP contribution < -0.4 is 5.32 Å². The molecule has 0 radical (unpaired) electrons. The number of nitrogens with one attached hydrogen (secondary N) is 1. The van der Waals surface area contributed by atoms with E-state index in [0.29, 0.717) is 12.1 Å². The summed E-state index contributed by atoms with van der Waals surface area (Å²) in [7, 11) is 2.16. The van der Waals surface area contributed by atoms with Crippen LogP contribution in [0.25, 0.3) is 0 Å². The van der Waals surface area contributed by atoms with E-state index in [0.717, 1.165) is 13.1 Å². The number of aromatic nitrogens is 1. The van der Waals surface area contributed by atoms with Crippen LogP contribution in [0.5, 0.6) is 0 Å². The first kappa shape index (κ1) is 15.6. The van der Waals surface area contributed by atoms with E-state index in [-0.39, 0.29) is 0 Å². The minimum absolute atomic E-state index is 0.439. The Kier molecular flexibility index (Phi) is 5.72. The third-order valence-corrected chi connectivity index (χ3v) is 5.23. The first-order chi connectivity index (χ1) is 9.56. The van der Waals surface area contributed by atoms with Crippen molar-refractivity contribution in [3.05, 3.63) is 38.5 Å². The largest absolute Gasteiger partial charge is 0.308 e. The van der Waals surface area contributed by atoms with Crippen molar-refractivity contribution >= 4 is 22.7 Å². The van der Waals surface area contributed by atoms with E-state index in [4.69, 9.17) is 4.98 Å². The summed E-state index contributed by atoms with van der Waals surface area (Å²) in [6.45, 7) is 8.33. The molecule has 0 aliphatic rings. The van der Waals surface area contributed by atoms with Crippen LogP contribution in [-0.4, -0.2) is 23.0 Å². The van der Waals surface area contributed by atoms with Crippen LogP contribution in [-0.2, 0) is 13.1 Å². The van der Waals surface area contributed by atoms with Gasteiger partial charge in [0, 0.05) is 35.4 Å². The molecule has 20 heavy (non-hydrogen) atoms. The molecule has 0 spiro atoms. The van der Waals surface area contributed by atoms with Gasteiger partial charge in [-0.2, -0.15) is 0 Å². The van der Waals surface area contributed by atoms with Gasteiger partial charge in [-0.05, 0) is 25.4 Å². The number of thiophene rings is 1. The molecule has 0 fully saturated rings. The average molecular weight is 310 g/mol. The van der Waals surface area contributed by atoms with E-state index in [1.54, 1.807) is 11.3 Å². The molecule has 3 nitrogen and oxygen atoms in total. The van der Waals surface area contributed by atoms with Crippen LogP contribution >= 0.6 is 22.7 Å². The maximum atomic E-state index is 4.70. The smallest absolute Gasteiger partial charge is 0.107 e. The molecule has 110 valence electrons. The normalized spacial score (nSPS) is 13.3. The maximum Gasteiger partial charge on any atom is 0.107 e. The zero-order chi connectivity index (χ0) is 14.5. The van der Waals surface area contributed by atoms with Crippen LogP contribution in [0, 0.1) is 0 Å². The molecule has 0 amide bonds. The molecule has 0 saturated carbocycles. The van der Waals surface area contributed by atoms with Crippen LogP contribution in [0.3, 0.4) is 0 Å². The zero-order valence-corrected chi connectivity index (χ0v) is 14.2. The quantitative estimate of drug-likeness (QED) is 0.841. The summed E-state index contributed by atoms with van der Waals surface area (Å²) in [6, 6.07) is 5.26. The highest BCUT2D eigenvalue weighted by Gasteiger charge is 2.14. The van der Waals surface area contributed by atoms with Gasteiger partial charge in [0.25, 0.3) is 0 Å². The predicted molar refractivity (Wildman–Crippen MR) is 88.3 cm³/mol. The van der Waals surface area contributed by atoms with Crippen molar-refractivity contribution in [3.63, 3.8) is 0 Å².